The minimum Gasteiger partial charge on any atom is -0.373 e. The Kier molecular flexibility index (Phi) is 4.84. The average Bonchev–Trinajstić information content (AvgIpc) is 2.61. The van der Waals surface area contributed by atoms with Crippen molar-refractivity contribution in [3.8, 4) is 0 Å². The molecule has 1 heterocycles. The van der Waals surface area contributed by atoms with Crippen molar-refractivity contribution in [1.29, 1.82) is 0 Å². The van der Waals surface area contributed by atoms with Crippen molar-refractivity contribution >= 4 is 34.0 Å². The minimum atomic E-state index is -0.0483. The van der Waals surface area contributed by atoms with Crippen LogP contribution in [0.2, 0.25) is 0 Å². The number of rotatable bonds is 5. The molecule has 0 saturated heterocycles. The number of carbonyl (C=O) groups is 1. The van der Waals surface area contributed by atoms with Gasteiger partial charge in [-0.2, -0.15) is 0 Å². The fraction of sp³-hybridized carbons (Fsp3) is 0.200. The summed E-state index contributed by atoms with van der Waals surface area (Å²) in [4.78, 5) is 16.6. The predicted molar refractivity (Wildman–Crippen MR) is 104 cm³/mol. The van der Waals surface area contributed by atoms with E-state index in [0.29, 0.717) is 12.1 Å². The molecule has 25 heavy (non-hydrogen) atoms. The average molecular weight is 334 g/mol. The monoisotopic (exact) mass is 334 g/mol. The van der Waals surface area contributed by atoms with E-state index in [1.807, 2.05) is 63.4 Å². The number of hydrogen-bond acceptors (Lipinski definition) is 4. The third kappa shape index (κ3) is 3.55. The van der Waals surface area contributed by atoms with Gasteiger partial charge >= 0.3 is 0 Å². The zero-order chi connectivity index (χ0) is 17.8. The number of aryl methyl sites for hydroxylation is 1. The summed E-state index contributed by atoms with van der Waals surface area (Å²) in [7, 11) is 1.86. The first-order valence-electron chi connectivity index (χ1n) is 8.35. The summed E-state index contributed by atoms with van der Waals surface area (Å²) in [5.41, 5.74) is 2.51. The van der Waals surface area contributed by atoms with Gasteiger partial charge in [0.15, 0.2) is 0 Å². The topological polar surface area (TPSA) is 66.1 Å². The van der Waals surface area contributed by atoms with Gasteiger partial charge in [-0.15, -0.1) is 0 Å². The third-order valence-electron chi connectivity index (χ3n) is 4.06. The van der Waals surface area contributed by atoms with Crippen LogP contribution >= 0.6 is 0 Å². The van der Waals surface area contributed by atoms with Gasteiger partial charge in [0.2, 0.25) is 0 Å². The molecular weight excluding hydrogens is 312 g/mol. The van der Waals surface area contributed by atoms with Crippen molar-refractivity contribution in [3.63, 3.8) is 0 Å². The molecule has 0 radical (unpaired) electrons. The van der Waals surface area contributed by atoms with Gasteiger partial charge in [-0.3, -0.25) is 4.79 Å². The maximum Gasteiger partial charge on any atom is 0.251 e. The van der Waals surface area contributed by atoms with Crippen LogP contribution in [0.5, 0.6) is 0 Å². The number of fused-ring (bicyclic) bond motifs is 1. The zero-order valence-corrected chi connectivity index (χ0v) is 14.7. The number of hydrogen-bond donors (Lipinski definition) is 3. The Morgan fingerprint density at radius 1 is 1.12 bits per heavy atom. The molecule has 5 nitrogen and oxygen atoms in total. The Labute approximate surface area is 147 Å². The first-order valence-corrected chi connectivity index (χ1v) is 8.35. The van der Waals surface area contributed by atoms with E-state index in [4.69, 9.17) is 0 Å². The zero-order valence-electron chi connectivity index (χ0n) is 14.7. The smallest absolute Gasteiger partial charge is 0.251 e. The highest BCUT2D eigenvalue weighted by Crippen LogP contribution is 2.26. The second kappa shape index (κ2) is 7.21. The maximum atomic E-state index is 12.0. The van der Waals surface area contributed by atoms with Gasteiger partial charge in [-0.05, 0) is 49.1 Å². The Bertz CT molecular complexity index is 921. The van der Waals surface area contributed by atoms with E-state index in [9.17, 15) is 4.79 Å². The number of carbonyl (C=O) groups excluding carboxylic acids is 1. The normalized spacial score (nSPS) is 10.5. The van der Waals surface area contributed by atoms with Crippen molar-refractivity contribution < 1.29 is 4.79 Å². The van der Waals surface area contributed by atoms with Crippen LogP contribution in [0.25, 0.3) is 10.8 Å². The minimum absolute atomic E-state index is 0.0483. The second-order valence-corrected chi connectivity index (χ2v) is 5.84. The molecule has 0 aliphatic carbocycles. The molecule has 128 valence electrons. The van der Waals surface area contributed by atoms with Gasteiger partial charge in [0.1, 0.15) is 11.6 Å². The largest absolute Gasteiger partial charge is 0.373 e. The number of anilines is 3. The van der Waals surface area contributed by atoms with E-state index in [-0.39, 0.29) is 5.91 Å². The molecule has 3 rings (SSSR count). The van der Waals surface area contributed by atoms with Crippen LogP contribution in [0.1, 0.15) is 22.8 Å². The molecule has 0 atom stereocenters. The molecule has 2 aromatic carbocycles. The summed E-state index contributed by atoms with van der Waals surface area (Å²) in [5.74, 6) is 1.54. The van der Waals surface area contributed by atoms with Crippen LogP contribution in [0, 0.1) is 6.92 Å². The molecule has 3 N–H and O–H groups in total. The summed E-state index contributed by atoms with van der Waals surface area (Å²) >= 11 is 0. The van der Waals surface area contributed by atoms with Crippen LogP contribution in [0.4, 0.5) is 17.3 Å². The van der Waals surface area contributed by atoms with Crippen LogP contribution < -0.4 is 16.0 Å². The van der Waals surface area contributed by atoms with E-state index < -0.39 is 0 Å². The van der Waals surface area contributed by atoms with Gasteiger partial charge in [0, 0.05) is 30.2 Å². The maximum absolute atomic E-state index is 12.0. The molecule has 0 aliphatic heterocycles. The molecule has 0 spiro atoms. The highest BCUT2D eigenvalue weighted by Gasteiger charge is 2.09. The first kappa shape index (κ1) is 16.8. The molecule has 0 fully saturated rings. The van der Waals surface area contributed by atoms with Gasteiger partial charge in [-0.1, -0.05) is 24.3 Å². The fourth-order valence-corrected chi connectivity index (χ4v) is 2.85. The lowest BCUT2D eigenvalue weighted by Gasteiger charge is -2.12. The predicted octanol–water partition coefficient (Wildman–Crippen LogP) is 4.08. The fourth-order valence-electron chi connectivity index (χ4n) is 2.85. The van der Waals surface area contributed by atoms with E-state index in [0.717, 1.165) is 33.7 Å². The highest BCUT2D eigenvalue weighted by molar-refractivity contribution is 5.96. The molecule has 1 aromatic heterocycles. The molecule has 1 amide bonds. The van der Waals surface area contributed by atoms with Crippen molar-refractivity contribution in [2.75, 3.05) is 24.2 Å². The van der Waals surface area contributed by atoms with Crippen LogP contribution in [-0.2, 0) is 0 Å². The molecule has 0 unspecified atom stereocenters. The Morgan fingerprint density at radius 2 is 1.92 bits per heavy atom. The SMILES string of the molecule is CCNC(=O)c1ccc(Nc2cc3ccccc3c(NC)n2)cc1C. The highest BCUT2D eigenvalue weighted by atomic mass is 16.1. The van der Waals surface area contributed by atoms with E-state index in [2.05, 4.69) is 27.0 Å². The molecule has 0 aliphatic rings. The van der Waals surface area contributed by atoms with Crippen molar-refractivity contribution in [2.45, 2.75) is 13.8 Å². The van der Waals surface area contributed by atoms with Crippen LogP contribution in [-0.4, -0.2) is 24.5 Å². The number of aromatic nitrogens is 1. The summed E-state index contributed by atoms with van der Waals surface area (Å²) in [6.45, 7) is 4.46. The van der Waals surface area contributed by atoms with E-state index in [1.165, 1.54) is 0 Å². The lowest BCUT2D eigenvalue weighted by molar-refractivity contribution is 0.0955. The summed E-state index contributed by atoms with van der Waals surface area (Å²) in [6, 6.07) is 15.8. The van der Waals surface area contributed by atoms with Crippen molar-refractivity contribution in [1.82, 2.24) is 10.3 Å². The number of pyridine rings is 1. The third-order valence-corrected chi connectivity index (χ3v) is 4.06. The number of nitrogens with zero attached hydrogens (tertiary/aromatic N) is 1. The van der Waals surface area contributed by atoms with E-state index >= 15 is 0 Å². The van der Waals surface area contributed by atoms with Gasteiger partial charge in [-0.25, -0.2) is 4.98 Å². The van der Waals surface area contributed by atoms with Crippen molar-refractivity contribution in [2.24, 2.45) is 0 Å². The summed E-state index contributed by atoms with van der Waals surface area (Å²) < 4.78 is 0. The molecule has 5 heteroatoms. The van der Waals surface area contributed by atoms with Gasteiger partial charge < -0.3 is 16.0 Å². The lowest BCUT2D eigenvalue weighted by Crippen LogP contribution is -2.23. The molecule has 3 aromatic rings. The number of nitrogens with one attached hydrogen (secondary N) is 3. The lowest BCUT2D eigenvalue weighted by atomic mass is 10.1. The summed E-state index contributed by atoms with van der Waals surface area (Å²) in [5, 5.41) is 11.5. The standard InChI is InChI=1S/C20H22N4O/c1-4-22-20(25)16-10-9-15(11-13(16)2)23-18-12-14-7-5-6-8-17(14)19(21-3)24-18/h5-12H,4H2,1-3H3,(H,22,25)(H2,21,23,24). The van der Waals surface area contributed by atoms with Gasteiger partial charge in [0.25, 0.3) is 5.91 Å². The number of amides is 1. The van der Waals surface area contributed by atoms with E-state index in [1.54, 1.807) is 0 Å². The first-order chi connectivity index (χ1) is 12.1. The van der Waals surface area contributed by atoms with Crippen LogP contribution in [0.15, 0.2) is 48.5 Å². The second-order valence-electron chi connectivity index (χ2n) is 5.84. The molecule has 0 saturated carbocycles. The number of benzene rings is 2. The van der Waals surface area contributed by atoms with Crippen molar-refractivity contribution in [3.05, 3.63) is 59.7 Å². The Morgan fingerprint density at radius 3 is 2.64 bits per heavy atom. The Hall–Kier alpha value is -3.08. The molecule has 0 bridgehead atoms. The quantitative estimate of drug-likeness (QED) is 0.658. The van der Waals surface area contributed by atoms with Gasteiger partial charge in [0.05, 0.1) is 0 Å². The molecular formula is C20H22N4O. The summed E-state index contributed by atoms with van der Waals surface area (Å²) in [6.07, 6.45) is 0. The Balaban J connectivity index is 1.91. The van der Waals surface area contributed by atoms with Crippen LogP contribution in [0.3, 0.4) is 0 Å².